The molecule has 3 aliphatic heterocycles. The Labute approximate surface area is 210 Å². The number of rotatable bonds is 6. The van der Waals surface area contributed by atoms with Crippen LogP contribution < -0.4 is 4.74 Å². The van der Waals surface area contributed by atoms with Gasteiger partial charge in [-0.05, 0) is 43.2 Å². The van der Waals surface area contributed by atoms with E-state index in [1.54, 1.807) is 0 Å². The maximum atomic E-state index is 13.9. The Morgan fingerprint density at radius 2 is 1.86 bits per heavy atom. The molecule has 3 amide bonds. The van der Waals surface area contributed by atoms with Crippen molar-refractivity contribution in [1.82, 2.24) is 19.7 Å². The van der Waals surface area contributed by atoms with Crippen molar-refractivity contribution >= 4 is 22.8 Å². The van der Waals surface area contributed by atoms with E-state index in [9.17, 15) is 9.59 Å². The van der Waals surface area contributed by atoms with Gasteiger partial charge < -0.3 is 14.5 Å². The maximum Gasteiger partial charge on any atom is 0.328 e. The second-order valence-corrected chi connectivity index (χ2v) is 9.98. The van der Waals surface area contributed by atoms with E-state index in [-0.39, 0.29) is 18.0 Å². The summed E-state index contributed by atoms with van der Waals surface area (Å²) in [6.45, 7) is 8.54. The number of morpholine rings is 1. The van der Waals surface area contributed by atoms with Crippen molar-refractivity contribution in [2.75, 3.05) is 46.0 Å². The first-order chi connectivity index (χ1) is 17.5. The van der Waals surface area contributed by atoms with E-state index in [0.717, 1.165) is 46.6 Å². The zero-order valence-electron chi connectivity index (χ0n) is 20.8. The van der Waals surface area contributed by atoms with Gasteiger partial charge in [0.2, 0.25) is 0 Å². The van der Waals surface area contributed by atoms with Crippen LogP contribution in [0.15, 0.2) is 48.5 Å². The van der Waals surface area contributed by atoms with Gasteiger partial charge in [0.15, 0.2) is 0 Å². The summed E-state index contributed by atoms with van der Waals surface area (Å²) in [6, 6.07) is 15.4. The Hall–Kier alpha value is -3.36. The van der Waals surface area contributed by atoms with Gasteiger partial charge in [-0.25, -0.2) is 4.79 Å². The van der Waals surface area contributed by atoms with Crippen LogP contribution in [0.2, 0.25) is 0 Å². The maximum absolute atomic E-state index is 13.9. The number of hydrogen-bond acceptors (Lipinski definition) is 5. The summed E-state index contributed by atoms with van der Waals surface area (Å²) in [5.41, 5.74) is 3.05. The van der Waals surface area contributed by atoms with E-state index in [1.807, 2.05) is 67.3 Å². The lowest BCUT2D eigenvalue weighted by Gasteiger charge is -2.42. The molecule has 2 saturated heterocycles. The van der Waals surface area contributed by atoms with E-state index in [2.05, 4.69) is 9.88 Å². The highest BCUT2D eigenvalue weighted by Crippen LogP contribution is 2.48. The van der Waals surface area contributed by atoms with Gasteiger partial charge in [0.05, 0.1) is 19.8 Å². The molecular formula is C28H32N4O4. The molecule has 188 valence electrons. The lowest BCUT2D eigenvalue weighted by molar-refractivity contribution is -0.133. The second-order valence-electron chi connectivity index (χ2n) is 9.98. The quantitative estimate of drug-likeness (QED) is 0.537. The van der Waals surface area contributed by atoms with Crippen LogP contribution in [-0.2, 0) is 16.0 Å². The smallest absolute Gasteiger partial charge is 0.328 e. The van der Waals surface area contributed by atoms with E-state index in [1.165, 1.54) is 4.90 Å². The molecule has 1 N–H and O–H groups in total. The van der Waals surface area contributed by atoms with Gasteiger partial charge in [-0.15, -0.1) is 0 Å². The molecule has 4 heterocycles. The minimum absolute atomic E-state index is 0.123. The van der Waals surface area contributed by atoms with Crippen molar-refractivity contribution in [3.8, 4) is 5.75 Å². The number of carbonyl (C=O) groups is 2. The largest absolute Gasteiger partial charge is 0.494 e. The predicted molar refractivity (Wildman–Crippen MR) is 136 cm³/mol. The van der Waals surface area contributed by atoms with Crippen LogP contribution in [-0.4, -0.2) is 83.2 Å². The zero-order chi connectivity index (χ0) is 24.9. The monoisotopic (exact) mass is 488 g/mol. The highest BCUT2D eigenvalue weighted by atomic mass is 16.5. The number of amides is 3. The van der Waals surface area contributed by atoms with Crippen molar-refractivity contribution in [1.29, 1.82) is 0 Å². The SMILES string of the molecule is CCOc1ccc2[nH]c3c(c2c1)CC1(C)C(=O)N(CCN2CCOCC2)C(=O)N1C3c1ccccc1. The third-order valence-corrected chi connectivity index (χ3v) is 7.81. The van der Waals surface area contributed by atoms with E-state index in [0.29, 0.717) is 39.3 Å². The molecule has 36 heavy (non-hydrogen) atoms. The van der Waals surface area contributed by atoms with E-state index in [4.69, 9.17) is 9.47 Å². The molecule has 2 fully saturated rings. The van der Waals surface area contributed by atoms with Crippen LogP contribution in [0.4, 0.5) is 4.79 Å². The number of hydrogen-bond donors (Lipinski definition) is 1. The first-order valence-corrected chi connectivity index (χ1v) is 12.8. The molecule has 0 saturated carbocycles. The summed E-state index contributed by atoms with van der Waals surface area (Å²) in [4.78, 5) is 37.0. The molecule has 8 heteroatoms. The minimum atomic E-state index is -0.966. The first-order valence-electron chi connectivity index (χ1n) is 12.8. The molecule has 0 spiro atoms. The summed E-state index contributed by atoms with van der Waals surface area (Å²) < 4.78 is 11.2. The number of fused-ring (bicyclic) bond motifs is 4. The Morgan fingerprint density at radius 1 is 1.08 bits per heavy atom. The average Bonchev–Trinajstić information content (AvgIpc) is 3.34. The molecule has 1 aromatic heterocycles. The molecule has 3 aliphatic rings. The number of nitrogens with zero attached hydrogens (tertiary/aromatic N) is 3. The minimum Gasteiger partial charge on any atom is -0.494 e. The van der Waals surface area contributed by atoms with Gasteiger partial charge >= 0.3 is 6.03 Å². The number of imide groups is 1. The molecule has 8 nitrogen and oxygen atoms in total. The van der Waals surface area contributed by atoms with Gasteiger partial charge in [-0.2, -0.15) is 0 Å². The van der Waals surface area contributed by atoms with Gasteiger partial charge in [0.1, 0.15) is 17.3 Å². The highest BCUT2D eigenvalue weighted by molar-refractivity contribution is 6.08. The Balaban J connectivity index is 1.42. The number of aromatic nitrogens is 1. The summed E-state index contributed by atoms with van der Waals surface area (Å²) in [5.74, 6) is 0.680. The van der Waals surface area contributed by atoms with Crippen LogP contribution in [0.1, 0.15) is 36.7 Å². The standard InChI is InChI=1S/C28H32N4O4/c1-3-36-20-9-10-23-21(17-20)22-18-28(2)26(33)31(12-11-30-13-15-35-16-14-30)27(34)32(28)25(24(22)29-23)19-7-5-4-6-8-19/h4-10,17,25,29H,3,11-16,18H2,1-2H3. The lowest BCUT2D eigenvalue weighted by Crippen LogP contribution is -2.53. The molecule has 2 aromatic carbocycles. The number of urea groups is 1. The van der Waals surface area contributed by atoms with Crippen molar-refractivity contribution in [3.63, 3.8) is 0 Å². The van der Waals surface area contributed by atoms with Gasteiger partial charge in [-0.1, -0.05) is 30.3 Å². The Bertz CT molecular complexity index is 1300. The Morgan fingerprint density at radius 3 is 2.61 bits per heavy atom. The molecule has 0 radical (unpaired) electrons. The third-order valence-electron chi connectivity index (χ3n) is 7.81. The predicted octanol–water partition coefficient (Wildman–Crippen LogP) is 3.57. The van der Waals surface area contributed by atoms with E-state index >= 15 is 0 Å². The van der Waals surface area contributed by atoms with Gasteiger partial charge in [-0.3, -0.25) is 19.5 Å². The number of H-pyrrole nitrogens is 1. The van der Waals surface area contributed by atoms with Crippen LogP contribution >= 0.6 is 0 Å². The zero-order valence-corrected chi connectivity index (χ0v) is 20.8. The molecule has 2 atom stereocenters. The average molecular weight is 489 g/mol. The Kier molecular flexibility index (Phi) is 5.73. The molecule has 6 rings (SSSR count). The van der Waals surface area contributed by atoms with Crippen molar-refractivity contribution < 1.29 is 19.1 Å². The van der Waals surface area contributed by atoms with Crippen LogP contribution in [0.25, 0.3) is 10.9 Å². The molecule has 2 unspecified atom stereocenters. The van der Waals surface area contributed by atoms with E-state index < -0.39 is 5.54 Å². The second kappa shape index (κ2) is 8.94. The number of nitrogens with one attached hydrogen (secondary N) is 1. The van der Waals surface area contributed by atoms with Crippen LogP contribution in [0, 0.1) is 0 Å². The van der Waals surface area contributed by atoms with Crippen molar-refractivity contribution in [2.24, 2.45) is 0 Å². The summed E-state index contributed by atoms with van der Waals surface area (Å²) in [5, 5.41) is 1.05. The molecule has 0 bridgehead atoms. The number of carbonyl (C=O) groups excluding carboxylic acids is 2. The van der Waals surface area contributed by atoms with Gasteiger partial charge in [0, 0.05) is 49.2 Å². The molecule has 0 aliphatic carbocycles. The van der Waals surface area contributed by atoms with Gasteiger partial charge in [0.25, 0.3) is 5.91 Å². The third kappa shape index (κ3) is 3.59. The van der Waals surface area contributed by atoms with Crippen LogP contribution in [0.5, 0.6) is 5.75 Å². The normalized spacial score (nSPS) is 24.3. The summed E-state index contributed by atoms with van der Waals surface area (Å²) in [7, 11) is 0. The lowest BCUT2D eigenvalue weighted by atomic mass is 9.81. The van der Waals surface area contributed by atoms with Crippen molar-refractivity contribution in [2.45, 2.75) is 31.8 Å². The fourth-order valence-electron chi connectivity index (χ4n) is 5.99. The topological polar surface area (TPSA) is 78.1 Å². The summed E-state index contributed by atoms with van der Waals surface area (Å²) in [6.07, 6.45) is 0.458. The number of aromatic amines is 1. The summed E-state index contributed by atoms with van der Waals surface area (Å²) >= 11 is 0. The van der Waals surface area contributed by atoms with Crippen LogP contribution in [0.3, 0.4) is 0 Å². The molecular weight excluding hydrogens is 456 g/mol. The fraction of sp³-hybridized carbons (Fsp3) is 0.429. The number of benzene rings is 2. The fourth-order valence-corrected chi connectivity index (χ4v) is 5.99. The highest BCUT2D eigenvalue weighted by Gasteiger charge is 2.60. The van der Waals surface area contributed by atoms with Crippen molar-refractivity contribution in [3.05, 3.63) is 65.4 Å². The molecule has 3 aromatic rings. The number of ether oxygens (including phenoxy) is 2. The first kappa shape index (κ1) is 23.1.